The highest BCUT2D eigenvalue weighted by molar-refractivity contribution is 7.86. The van der Waals surface area contributed by atoms with Crippen LogP contribution in [0, 0.1) is 11.7 Å². The SMILES string of the molecule is CN1C(Cc2ccc(F)cc2)C2CCc3cc(C(F)(F)F)ccc3C2C1OS(C)(=O)=O. The molecule has 0 N–H and O–H groups in total. The van der Waals surface area contributed by atoms with Crippen molar-refractivity contribution in [1.29, 1.82) is 0 Å². The predicted octanol–water partition coefficient (Wildman–Crippen LogP) is 4.35. The summed E-state index contributed by atoms with van der Waals surface area (Å²) < 4.78 is 82.2. The molecule has 1 fully saturated rings. The lowest BCUT2D eigenvalue weighted by Crippen LogP contribution is -2.38. The first-order valence-electron chi connectivity index (χ1n) is 9.99. The molecule has 2 aromatic rings. The second-order valence-electron chi connectivity index (χ2n) is 8.39. The van der Waals surface area contributed by atoms with Gasteiger partial charge in [0.1, 0.15) is 12.0 Å². The number of hydrogen-bond acceptors (Lipinski definition) is 4. The molecule has 0 bridgehead atoms. The number of hydrogen-bond donors (Lipinski definition) is 0. The molecule has 4 rings (SSSR count). The van der Waals surface area contributed by atoms with Gasteiger partial charge in [0.25, 0.3) is 10.1 Å². The van der Waals surface area contributed by atoms with Crippen LogP contribution in [0.4, 0.5) is 17.6 Å². The normalized spacial score (nSPS) is 26.5. The van der Waals surface area contributed by atoms with Gasteiger partial charge in [0.2, 0.25) is 0 Å². The molecule has 2 aromatic carbocycles. The first-order chi connectivity index (χ1) is 14.4. The van der Waals surface area contributed by atoms with Gasteiger partial charge in [-0.25, -0.2) is 4.39 Å². The fourth-order valence-corrected chi connectivity index (χ4v) is 5.67. The standard InChI is InChI=1S/C22H23F4NO3S/c1-27-19(11-13-3-7-16(23)8-4-13)18-9-5-14-12-15(22(24,25)26)6-10-17(14)20(18)21(27)30-31(2,28)29/h3-4,6-8,10,12,18-21H,5,9,11H2,1-2H3. The van der Waals surface area contributed by atoms with Crippen molar-refractivity contribution in [3.63, 3.8) is 0 Å². The number of halogens is 4. The zero-order valence-electron chi connectivity index (χ0n) is 17.1. The number of likely N-dealkylation sites (N-methyl/N-ethyl adjacent to an activating group) is 1. The lowest BCUT2D eigenvalue weighted by atomic mass is 9.73. The molecule has 1 saturated heterocycles. The monoisotopic (exact) mass is 457 g/mol. The van der Waals surface area contributed by atoms with Crippen LogP contribution >= 0.6 is 0 Å². The summed E-state index contributed by atoms with van der Waals surface area (Å²) in [5, 5.41) is 0. The lowest BCUT2D eigenvalue weighted by Gasteiger charge is -2.32. The van der Waals surface area contributed by atoms with Gasteiger partial charge in [-0.2, -0.15) is 21.6 Å². The fourth-order valence-electron chi connectivity index (χ4n) is 5.06. The summed E-state index contributed by atoms with van der Waals surface area (Å²) in [5.41, 5.74) is 1.47. The van der Waals surface area contributed by atoms with Gasteiger partial charge in [-0.15, -0.1) is 0 Å². The van der Waals surface area contributed by atoms with Crippen LogP contribution in [0.1, 0.15) is 34.6 Å². The first kappa shape index (κ1) is 22.2. The molecule has 1 aliphatic carbocycles. The maximum atomic E-state index is 13.3. The summed E-state index contributed by atoms with van der Waals surface area (Å²) in [6, 6.07) is 9.70. The molecule has 1 aliphatic heterocycles. The Morgan fingerprint density at radius 2 is 1.81 bits per heavy atom. The minimum absolute atomic E-state index is 0.00830. The van der Waals surface area contributed by atoms with E-state index in [1.165, 1.54) is 18.2 Å². The highest BCUT2D eigenvalue weighted by Crippen LogP contribution is 2.50. The molecule has 4 atom stereocenters. The number of aryl methyl sites for hydroxylation is 1. The van der Waals surface area contributed by atoms with E-state index < -0.39 is 28.1 Å². The van der Waals surface area contributed by atoms with E-state index in [1.807, 2.05) is 4.90 Å². The second kappa shape index (κ2) is 7.86. The molecule has 168 valence electrons. The minimum Gasteiger partial charge on any atom is -0.276 e. The Hall–Kier alpha value is -1.97. The quantitative estimate of drug-likeness (QED) is 0.506. The van der Waals surface area contributed by atoms with Gasteiger partial charge < -0.3 is 0 Å². The number of fused-ring (bicyclic) bond motifs is 3. The molecule has 0 spiro atoms. The highest BCUT2D eigenvalue weighted by atomic mass is 32.2. The van der Waals surface area contributed by atoms with Crippen LogP contribution in [0.3, 0.4) is 0 Å². The van der Waals surface area contributed by atoms with Crippen molar-refractivity contribution in [3.05, 3.63) is 70.5 Å². The van der Waals surface area contributed by atoms with Crippen LogP contribution in [0.25, 0.3) is 0 Å². The van der Waals surface area contributed by atoms with Crippen LogP contribution < -0.4 is 0 Å². The number of likely N-dealkylation sites (tertiary alicyclic amines) is 1. The molecule has 31 heavy (non-hydrogen) atoms. The smallest absolute Gasteiger partial charge is 0.276 e. The highest BCUT2D eigenvalue weighted by Gasteiger charge is 2.51. The molecule has 4 nitrogen and oxygen atoms in total. The Labute approximate surface area is 178 Å². The van der Waals surface area contributed by atoms with Gasteiger partial charge in [0, 0.05) is 12.0 Å². The summed E-state index contributed by atoms with van der Waals surface area (Å²) >= 11 is 0. The molecular weight excluding hydrogens is 434 g/mol. The maximum Gasteiger partial charge on any atom is 0.416 e. The lowest BCUT2D eigenvalue weighted by molar-refractivity contribution is -0.137. The first-order valence-corrected chi connectivity index (χ1v) is 11.8. The third kappa shape index (κ3) is 4.49. The van der Waals surface area contributed by atoms with Crippen molar-refractivity contribution in [2.75, 3.05) is 13.3 Å². The number of rotatable bonds is 4. The average molecular weight is 457 g/mol. The van der Waals surface area contributed by atoms with Gasteiger partial charge in [-0.3, -0.25) is 9.08 Å². The van der Waals surface area contributed by atoms with Crippen LogP contribution in [-0.2, 0) is 33.3 Å². The molecule has 9 heteroatoms. The van der Waals surface area contributed by atoms with E-state index in [0.717, 1.165) is 24.0 Å². The van der Waals surface area contributed by atoms with Gasteiger partial charge >= 0.3 is 6.18 Å². The molecule has 1 heterocycles. The van der Waals surface area contributed by atoms with E-state index in [4.69, 9.17) is 4.18 Å². The topological polar surface area (TPSA) is 46.6 Å². The molecular formula is C22H23F4NO3S. The third-order valence-corrected chi connectivity index (χ3v) is 6.94. The zero-order chi connectivity index (χ0) is 22.6. The van der Waals surface area contributed by atoms with Crippen LogP contribution in [0.15, 0.2) is 42.5 Å². The van der Waals surface area contributed by atoms with Crippen molar-refractivity contribution in [2.24, 2.45) is 5.92 Å². The predicted molar refractivity (Wildman–Crippen MR) is 107 cm³/mol. The van der Waals surface area contributed by atoms with E-state index in [1.54, 1.807) is 19.2 Å². The van der Waals surface area contributed by atoms with Gasteiger partial charge in [-0.1, -0.05) is 18.2 Å². The fraction of sp³-hybridized carbons (Fsp3) is 0.455. The third-order valence-electron chi connectivity index (χ3n) is 6.40. The van der Waals surface area contributed by atoms with Crippen molar-refractivity contribution in [1.82, 2.24) is 4.90 Å². The summed E-state index contributed by atoms with van der Waals surface area (Å²) in [4.78, 5) is 1.85. The Morgan fingerprint density at radius 1 is 1.13 bits per heavy atom. The van der Waals surface area contributed by atoms with Gasteiger partial charge in [-0.05, 0) is 73.2 Å². The molecule has 4 unspecified atom stereocenters. The number of benzene rings is 2. The molecule has 2 aliphatic rings. The Kier molecular flexibility index (Phi) is 5.64. The van der Waals surface area contributed by atoms with Crippen molar-refractivity contribution in [2.45, 2.75) is 43.6 Å². The molecule has 0 saturated carbocycles. The van der Waals surface area contributed by atoms with Crippen LogP contribution in [0.5, 0.6) is 0 Å². The van der Waals surface area contributed by atoms with Crippen LogP contribution in [-0.4, -0.2) is 38.9 Å². The number of nitrogens with zero attached hydrogens (tertiary/aromatic N) is 1. The van der Waals surface area contributed by atoms with Crippen LogP contribution in [0.2, 0.25) is 0 Å². The Morgan fingerprint density at radius 3 is 2.42 bits per heavy atom. The van der Waals surface area contributed by atoms with Crippen molar-refractivity contribution < 1.29 is 30.2 Å². The minimum atomic E-state index is -4.44. The molecule has 0 radical (unpaired) electrons. The van der Waals surface area contributed by atoms with Gasteiger partial charge in [0.15, 0.2) is 0 Å². The summed E-state index contributed by atoms with van der Waals surface area (Å²) in [6.07, 6.45) is -2.65. The Balaban J connectivity index is 1.72. The van der Waals surface area contributed by atoms with Gasteiger partial charge in [0.05, 0.1) is 11.8 Å². The van der Waals surface area contributed by atoms with E-state index >= 15 is 0 Å². The maximum absolute atomic E-state index is 13.3. The van der Waals surface area contributed by atoms with Crippen molar-refractivity contribution >= 4 is 10.1 Å². The largest absolute Gasteiger partial charge is 0.416 e. The number of alkyl halides is 3. The summed E-state index contributed by atoms with van der Waals surface area (Å²) in [6.45, 7) is 0. The summed E-state index contributed by atoms with van der Waals surface area (Å²) in [7, 11) is -2.03. The average Bonchev–Trinajstić information content (AvgIpc) is 2.93. The second-order valence-corrected chi connectivity index (χ2v) is 9.99. The van der Waals surface area contributed by atoms with Crippen molar-refractivity contribution in [3.8, 4) is 0 Å². The molecule has 0 amide bonds. The molecule has 0 aromatic heterocycles. The van der Waals surface area contributed by atoms with E-state index in [9.17, 15) is 26.0 Å². The van der Waals surface area contributed by atoms with E-state index in [0.29, 0.717) is 30.4 Å². The zero-order valence-corrected chi connectivity index (χ0v) is 17.9. The Bertz CT molecular complexity index is 1070. The summed E-state index contributed by atoms with van der Waals surface area (Å²) in [5.74, 6) is -0.728. The van der Waals surface area contributed by atoms with E-state index in [-0.39, 0.29) is 23.7 Å². The van der Waals surface area contributed by atoms with E-state index in [2.05, 4.69) is 0 Å².